The maximum Gasteiger partial charge on any atom is 0.303 e. The van der Waals surface area contributed by atoms with E-state index in [1.165, 1.54) is 32.1 Å². The van der Waals surface area contributed by atoms with Crippen LogP contribution in [0.2, 0.25) is 0 Å². The molecule has 1 atom stereocenters. The second-order valence-electron chi connectivity index (χ2n) is 5.50. The van der Waals surface area contributed by atoms with E-state index in [-0.39, 0.29) is 6.42 Å². The molecule has 0 aromatic carbocycles. The first-order valence-corrected chi connectivity index (χ1v) is 8.02. The SMILES string of the molecule is CCCCCCCCC(F)CCCCCCC(=O)O. The Hall–Kier alpha value is -0.600. The van der Waals surface area contributed by atoms with Crippen molar-refractivity contribution in [3.63, 3.8) is 0 Å². The van der Waals surface area contributed by atoms with Crippen LogP contribution in [-0.2, 0) is 4.79 Å². The maximum absolute atomic E-state index is 13.5. The Morgan fingerprint density at radius 1 is 0.895 bits per heavy atom. The molecule has 0 heterocycles. The summed E-state index contributed by atoms with van der Waals surface area (Å²) in [6.45, 7) is 2.20. The smallest absolute Gasteiger partial charge is 0.303 e. The topological polar surface area (TPSA) is 37.3 Å². The van der Waals surface area contributed by atoms with Crippen LogP contribution in [0.5, 0.6) is 0 Å². The Morgan fingerprint density at radius 3 is 1.89 bits per heavy atom. The van der Waals surface area contributed by atoms with Crippen molar-refractivity contribution in [1.29, 1.82) is 0 Å². The lowest BCUT2D eigenvalue weighted by molar-refractivity contribution is -0.137. The molecule has 2 nitrogen and oxygen atoms in total. The summed E-state index contributed by atoms with van der Waals surface area (Å²) in [5.74, 6) is -0.730. The molecule has 0 saturated heterocycles. The van der Waals surface area contributed by atoms with Gasteiger partial charge in [0.2, 0.25) is 0 Å². The Labute approximate surface area is 117 Å². The Bertz CT molecular complexity index is 207. The molecule has 0 spiro atoms. The summed E-state index contributed by atoms with van der Waals surface area (Å²) in [5, 5.41) is 8.47. The zero-order chi connectivity index (χ0) is 14.3. The predicted octanol–water partition coefficient (Wildman–Crippen LogP) is 5.50. The van der Waals surface area contributed by atoms with Crippen molar-refractivity contribution in [2.45, 2.75) is 96.6 Å². The molecule has 0 aliphatic heterocycles. The van der Waals surface area contributed by atoms with Gasteiger partial charge in [0.1, 0.15) is 6.17 Å². The molecule has 19 heavy (non-hydrogen) atoms. The number of carboxylic acid groups (broad SMARTS) is 1. The summed E-state index contributed by atoms with van der Waals surface area (Å²) in [6.07, 6.45) is 11.7. The monoisotopic (exact) mass is 274 g/mol. The number of aliphatic carboxylic acids is 1. The Balaban J connectivity index is 3.16. The molecule has 0 aromatic heterocycles. The van der Waals surface area contributed by atoms with E-state index in [9.17, 15) is 9.18 Å². The number of hydrogen-bond acceptors (Lipinski definition) is 1. The number of unbranched alkanes of at least 4 members (excludes halogenated alkanes) is 8. The second kappa shape index (κ2) is 13.8. The van der Waals surface area contributed by atoms with Gasteiger partial charge in [-0.05, 0) is 19.3 Å². The predicted molar refractivity (Wildman–Crippen MR) is 78.2 cm³/mol. The zero-order valence-corrected chi connectivity index (χ0v) is 12.5. The minimum Gasteiger partial charge on any atom is -0.481 e. The van der Waals surface area contributed by atoms with Crippen LogP contribution in [0.25, 0.3) is 0 Å². The van der Waals surface area contributed by atoms with Gasteiger partial charge in [-0.1, -0.05) is 64.7 Å². The normalized spacial score (nSPS) is 12.5. The summed E-state index contributed by atoms with van der Waals surface area (Å²) in [6, 6.07) is 0. The molecule has 3 heteroatoms. The van der Waals surface area contributed by atoms with E-state index in [2.05, 4.69) is 6.92 Å². The van der Waals surface area contributed by atoms with Crippen LogP contribution in [0.3, 0.4) is 0 Å². The highest BCUT2D eigenvalue weighted by molar-refractivity contribution is 5.66. The number of carbonyl (C=O) groups is 1. The van der Waals surface area contributed by atoms with E-state index in [1.807, 2.05) is 0 Å². The van der Waals surface area contributed by atoms with Gasteiger partial charge in [0.25, 0.3) is 0 Å². The Morgan fingerprint density at radius 2 is 1.37 bits per heavy atom. The number of hydrogen-bond donors (Lipinski definition) is 1. The molecular formula is C16H31FO2. The van der Waals surface area contributed by atoms with Gasteiger partial charge < -0.3 is 5.11 Å². The standard InChI is InChI=1S/C16H31FO2/c1-2-3-4-5-6-9-12-15(17)13-10-7-8-11-14-16(18)19/h15H,2-14H2,1H3,(H,18,19). The van der Waals surface area contributed by atoms with Crippen LogP contribution >= 0.6 is 0 Å². The van der Waals surface area contributed by atoms with E-state index in [4.69, 9.17) is 5.11 Å². The number of carboxylic acids is 1. The summed E-state index contributed by atoms with van der Waals surface area (Å²) in [4.78, 5) is 10.3. The average molecular weight is 274 g/mol. The largest absolute Gasteiger partial charge is 0.481 e. The van der Waals surface area contributed by atoms with Gasteiger partial charge in [-0.3, -0.25) is 4.79 Å². The van der Waals surface area contributed by atoms with Crippen molar-refractivity contribution in [1.82, 2.24) is 0 Å². The summed E-state index contributed by atoms with van der Waals surface area (Å²) in [5.41, 5.74) is 0. The molecule has 0 aliphatic rings. The first-order valence-electron chi connectivity index (χ1n) is 8.02. The molecule has 1 unspecified atom stereocenters. The molecule has 0 saturated carbocycles. The lowest BCUT2D eigenvalue weighted by Crippen LogP contribution is -2.00. The summed E-state index contributed by atoms with van der Waals surface area (Å²) < 4.78 is 13.5. The first-order chi connectivity index (χ1) is 9.16. The minimum absolute atomic E-state index is 0.247. The van der Waals surface area contributed by atoms with E-state index < -0.39 is 12.1 Å². The van der Waals surface area contributed by atoms with E-state index in [0.717, 1.165) is 32.1 Å². The average Bonchev–Trinajstić information content (AvgIpc) is 2.37. The molecule has 0 aliphatic carbocycles. The molecule has 0 radical (unpaired) electrons. The van der Waals surface area contributed by atoms with Gasteiger partial charge >= 0.3 is 5.97 Å². The molecule has 0 amide bonds. The summed E-state index contributed by atoms with van der Waals surface area (Å²) in [7, 11) is 0. The molecule has 0 rings (SSSR count). The lowest BCUT2D eigenvalue weighted by Gasteiger charge is -2.07. The van der Waals surface area contributed by atoms with E-state index in [1.54, 1.807) is 0 Å². The van der Waals surface area contributed by atoms with Crippen molar-refractivity contribution >= 4 is 5.97 Å². The van der Waals surface area contributed by atoms with Gasteiger partial charge in [-0.15, -0.1) is 0 Å². The molecule has 114 valence electrons. The van der Waals surface area contributed by atoms with Crippen molar-refractivity contribution in [2.75, 3.05) is 0 Å². The molecule has 0 bridgehead atoms. The maximum atomic E-state index is 13.5. The van der Waals surface area contributed by atoms with Crippen molar-refractivity contribution < 1.29 is 14.3 Å². The first kappa shape index (κ1) is 18.4. The van der Waals surface area contributed by atoms with Gasteiger partial charge in [-0.2, -0.15) is 0 Å². The van der Waals surface area contributed by atoms with Crippen LogP contribution in [0.15, 0.2) is 0 Å². The van der Waals surface area contributed by atoms with Crippen molar-refractivity contribution in [2.24, 2.45) is 0 Å². The minimum atomic E-state index is -0.730. The highest BCUT2D eigenvalue weighted by Crippen LogP contribution is 2.16. The fourth-order valence-electron chi connectivity index (χ4n) is 2.29. The van der Waals surface area contributed by atoms with Gasteiger partial charge in [0.15, 0.2) is 0 Å². The lowest BCUT2D eigenvalue weighted by atomic mass is 10.0. The summed E-state index contributed by atoms with van der Waals surface area (Å²) >= 11 is 0. The van der Waals surface area contributed by atoms with E-state index >= 15 is 0 Å². The number of halogens is 1. The highest BCUT2D eigenvalue weighted by Gasteiger charge is 2.05. The molecule has 0 aromatic rings. The van der Waals surface area contributed by atoms with Crippen LogP contribution in [0.4, 0.5) is 4.39 Å². The van der Waals surface area contributed by atoms with Crippen LogP contribution in [0.1, 0.15) is 90.4 Å². The third-order valence-corrected chi connectivity index (χ3v) is 3.53. The van der Waals surface area contributed by atoms with Gasteiger partial charge in [0, 0.05) is 6.42 Å². The second-order valence-corrected chi connectivity index (χ2v) is 5.50. The molecule has 0 fully saturated rings. The molecule has 1 N–H and O–H groups in total. The van der Waals surface area contributed by atoms with Gasteiger partial charge in [-0.25, -0.2) is 4.39 Å². The van der Waals surface area contributed by atoms with Crippen LogP contribution < -0.4 is 0 Å². The van der Waals surface area contributed by atoms with E-state index in [0.29, 0.717) is 12.8 Å². The molecular weight excluding hydrogens is 243 g/mol. The van der Waals surface area contributed by atoms with Crippen LogP contribution in [0, 0.1) is 0 Å². The number of rotatable bonds is 14. The quantitative estimate of drug-likeness (QED) is 0.425. The fraction of sp³-hybridized carbons (Fsp3) is 0.938. The van der Waals surface area contributed by atoms with Crippen LogP contribution in [-0.4, -0.2) is 17.2 Å². The fourth-order valence-corrected chi connectivity index (χ4v) is 2.29. The van der Waals surface area contributed by atoms with Gasteiger partial charge in [0.05, 0.1) is 0 Å². The van der Waals surface area contributed by atoms with Crippen molar-refractivity contribution in [3.8, 4) is 0 Å². The third-order valence-electron chi connectivity index (χ3n) is 3.53. The number of alkyl halides is 1. The third kappa shape index (κ3) is 15.3. The Kier molecular flexibility index (Phi) is 13.4. The van der Waals surface area contributed by atoms with Crippen molar-refractivity contribution in [3.05, 3.63) is 0 Å². The zero-order valence-electron chi connectivity index (χ0n) is 12.5. The highest BCUT2D eigenvalue weighted by atomic mass is 19.1.